The highest BCUT2D eigenvalue weighted by Gasteiger charge is 2.46. The van der Waals surface area contributed by atoms with Gasteiger partial charge in [-0.05, 0) is 61.4 Å². The van der Waals surface area contributed by atoms with Crippen LogP contribution < -0.4 is 15.4 Å². The number of aromatic nitrogens is 4. The van der Waals surface area contributed by atoms with Crippen LogP contribution in [0.1, 0.15) is 35.8 Å². The molecule has 1 aliphatic carbocycles. The molecule has 33 heavy (non-hydrogen) atoms. The molecule has 0 radical (unpaired) electrons. The first-order valence-electron chi connectivity index (χ1n) is 11.5. The summed E-state index contributed by atoms with van der Waals surface area (Å²) in [4.78, 5) is 12.1. The van der Waals surface area contributed by atoms with Crippen LogP contribution in [0.3, 0.4) is 0 Å². The van der Waals surface area contributed by atoms with E-state index in [0.29, 0.717) is 0 Å². The molecule has 1 atom stereocenters. The second-order valence-corrected chi connectivity index (χ2v) is 9.27. The molecule has 168 valence electrons. The van der Waals surface area contributed by atoms with E-state index in [9.17, 15) is 0 Å². The number of piperidine rings is 1. The molecule has 7 nitrogen and oxygen atoms in total. The summed E-state index contributed by atoms with van der Waals surface area (Å²) in [6.07, 6.45) is 6.77. The van der Waals surface area contributed by atoms with Crippen LogP contribution >= 0.6 is 0 Å². The Kier molecular flexibility index (Phi) is 4.62. The lowest BCUT2D eigenvalue weighted by atomic mass is 9.73. The third-order valence-corrected chi connectivity index (χ3v) is 7.54. The van der Waals surface area contributed by atoms with Gasteiger partial charge in [-0.1, -0.05) is 18.2 Å². The van der Waals surface area contributed by atoms with Gasteiger partial charge < -0.3 is 15.4 Å². The van der Waals surface area contributed by atoms with Gasteiger partial charge in [0.15, 0.2) is 5.82 Å². The van der Waals surface area contributed by atoms with Crippen LogP contribution in [0.4, 0.5) is 5.82 Å². The summed E-state index contributed by atoms with van der Waals surface area (Å²) < 4.78 is 7.45. The average molecular weight is 441 g/mol. The largest absolute Gasteiger partial charge is 0.497 e. The Labute approximate surface area is 193 Å². The van der Waals surface area contributed by atoms with E-state index in [1.54, 1.807) is 7.11 Å². The van der Waals surface area contributed by atoms with Crippen molar-refractivity contribution in [1.82, 2.24) is 19.6 Å². The number of ether oxygens (including phenoxy) is 1. The van der Waals surface area contributed by atoms with Crippen molar-refractivity contribution >= 4 is 11.3 Å². The highest BCUT2D eigenvalue weighted by Crippen LogP contribution is 2.50. The topological polar surface area (TPSA) is 81.6 Å². The Hall–Kier alpha value is -3.45. The van der Waals surface area contributed by atoms with E-state index in [2.05, 4.69) is 40.1 Å². The summed E-state index contributed by atoms with van der Waals surface area (Å²) in [6.45, 7) is 3.90. The molecule has 2 aliphatic rings. The zero-order valence-electron chi connectivity index (χ0n) is 19.0. The van der Waals surface area contributed by atoms with Gasteiger partial charge in [0, 0.05) is 36.6 Å². The number of pyridine rings is 1. The first kappa shape index (κ1) is 20.2. The molecule has 7 heteroatoms. The molecule has 1 spiro atoms. The summed E-state index contributed by atoms with van der Waals surface area (Å²) in [5.41, 5.74) is 13.2. The van der Waals surface area contributed by atoms with Gasteiger partial charge in [0.1, 0.15) is 11.3 Å². The van der Waals surface area contributed by atoms with E-state index in [0.717, 1.165) is 66.4 Å². The quantitative estimate of drug-likeness (QED) is 0.520. The van der Waals surface area contributed by atoms with E-state index in [4.69, 9.17) is 15.5 Å². The molecule has 4 aromatic rings. The van der Waals surface area contributed by atoms with Gasteiger partial charge in [0.2, 0.25) is 0 Å². The average Bonchev–Trinajstić information content (AvgIpc) is 3.43. The molecule has 0 unspecified atom stereocenters. The molecule has 1 fully saturated rings. The van der Waals surface area contributed by atoms with E-state index < -0.39 is 0 Å². The van der Waals surface area contributed by atoms with Crippen LogP contribution in [0.2, 0.25) is 0 Å². The van der Waals surface area contributed by atoms with E-state index >= 15 is 0 Å². The molecule has 1 aliphatic heterocycles. The maximum Gasteiger partial charge on any atom is 0.155 e. The summed E-state index contributed by atoms with van der Waals surface area (Å²) in [6, 6.07) is 14.3. The second-order valence-electron chi connectivity index (χ2n) is 9.27. The van der Waals surface area contributed by atoms with Crippen molar-refractivity contribution in [2.75, 3.05) is 25.1 Å². The predicted molar refractivity (Wildman–Crippen MR) is 128 cm³/mol. The van der Waals surface area contributed by atoms with Crippen molar-refractivity contribution in [2.24, 2.45) is 11.1 Å². The minimum atomic E-state index is 0.0588. The van der Waals surface area contributed by atoms with Gasteiger partial charge in [0.05, 0.1) is 24.7 Å². The van der Waals surface area contributed by atoms with Gasteiger partial charge in [-0.15, -0.1) is 0 Å². The van der Waals surface area contributed by atoms with Gasteiger partial charge >= 0.3 is 0 Å². The minimum absolute atomic E-state index is 0.0588. The predicted octanol–water partition coefficient (Wildman–Crippen LogP) is 3.95. The molecule has 1 aromatic carbocycles. The Morgan fingerprint density at radius 2 is 1.94 bits per heavy atom. The van der Waals surface area contributed by atoms with Gasteiger partial charge in [0.25, 0.3) is 0 Å². The summed E-state index contributed by atoms with van der Waals surface area (Å²) in [7, 11) is 1.69. The zero-order chi connectivity index (χ0) is 22.6. The maximum atomic E-state index is 6.75. The van der Waals surface area contributed by atoms with Crippen molar-refractivity contribution < 1.29 is 4.74 Å². The van der Waals surface area contributed by atoms with Crippen molar-refractivity contribution in [1.29, 1.82) is 0 Å². The number of methoxy groups -OCH3 is 1. The SMILES string of the molecule is COc1cccc(-c2c(C)nc(N3CCC4(CC3)Cc3ncccc3[C@H]4N)c3ccnn23)c1. The van der Waals surface area contributed by atoms with Crippen molar-refractivity contribution in [3.63, 3.8) is 0 Å². The van der Waals surface area contributed by atoms with Crippen molar-refractivity contribution in [3.05, 3.63) is 71.8 Å². The fourth-order valence-electron chi connectivity index (χ4n) is 5.71. The molecule has 1 saturated heterocycles. The lowest BCUT2D eigenvalue weighted by molar-refractivity contribution is 0.187. The van der Waals surface area contributed by atoms with Gasteiger partial charge in [-0.3, -0.25) is 4.98 Å². The molecular formula is C26H28N6O. The number of hydrogen-bond acceptors (Lipinski definition) is 6. The van der Waals surface area contributed by atoms with Crippen LogP contribution in [0.15, 0.2) is 54.9 Å². The number of nitrogens with zero attached hydrogens (tertiary/aromatic N) is 5. The lowest BCUT2D eigenvalue weighted by Gasteiger charge is -2.42. The van der Waals surface area contributed by atoms with Crippen LogP contribution in [0.5, 0.6) is 5.75 Å². The van der Waals surface area contributed by atoms with Crippen LogP contribution in [0, 0.1) is 12.3 Å². The lowest BCUT2D eigenvalue weighted by Crippen LogP contribution is -2.44. The monoisotopic (exact) mass is 440 g/mol. The fraction of sp³-hybridized carbons (Fsp3) is 0.346. The zero-order valence-corrected chi connectivity index (χ0v) is 19.0. The first-order chi connectivity index (χ1) is 16.1. The van der Waals surface area contributed by atoms with Gasteiger partial charge in [-0.25, -0.2) is 9.50 Å². The third-order valence-electron chi connectivity index (χ3n) is 7.54. The number of rotatable bonds is 3. The Morgan fingerprint density at radius 1 is 1.09 bits per heavy atom. The van der Waals surface area contributed by atoms with E-state index in [1.165, 1.54) is 11.3 Å². The van der Waals surface area contributed by atoms with E-state index in [-0.39, 0.29) is 11.5 Å². The normalized spacial score (nSPS) is 19.2. The number of aryl methyl sites for hydroxylation is 1. The number of nitrogens with two attached hydrogens (primary N) is 1. The number of hydrogen-bond donors (Lipinski definition) is 1. The minimum Gasteiger partial charge on any atom is -0.497 e. The molecule has 6 rings (SSSR count). The van der Waals surface area contributed by atoms with Crippen molar-refractivity contribution in [3.8, 4) is 17.0 Å². The number of fused-ring (bicyclic) bond motifs is 2. The molecule has 0 saturated carbocycles. The smallest absolute Gasteiger partial charge is 0.155 e. The Bertz CT molecular complexity index is 1340. The maximum absolute atomic E-state index is 6.75. The molecule has 0 bridgehead atoms. The summed E-state index contributed by atoms with van der Waals surface area (Å²) in [5, 5.41) is 4.66. The van der Waals surface area contributed by atoms with Crippen LogP contribution in [0.25, 0.3) is 16.8 Å². The highest BCUT2D eigenvalue weighted by molar-refractivity contribution is 5.76. The Morgan fingerprint density at radius 3 is 2.73 bits per heavy atom. The third kappa shape index (κ3) is 3.10. The van der Waals surface area contributed by atoms with E-state index in [1.807, 2.05) is 41.2 Å². The highest BCUT2D eigenvalue weighted by atomic mass is 16.5. The molecule has 3 aromatic heterocycles. The van der Waals surface area contributed by atoms with Crippen LogP contribution in [-0.4, -0.2) is 39.8 Å². The first-order valence-corrected chi connectivity index (χ1v) is 11.5. The Balaban J connectivity index is 1.32. The molecule has 0 amide bonds. The molecule has 4 heterocycles. The molecular weight excluding hydrogens is 412 g/mol. The number of benzene rings is 1. The second kappa shape index (κ2) is 7.56. The summed E-state index contributed by atoms with van der Waals surface area (Å²) in [5.74, 6) is 1.81. The van der Waals surface area contributed by atoms with Crippen LogP contribution in [-0.2, 0) is 6.42 Å². The van der Waals surface area contributed by atoms with Gasteiger partial charge in [-0.2, -0.15) is 5.10 Å². The van der Waals surface area contributed by atoms with Crippen molar-refractivity contribution in [2.45, 2.75) is 32.2 Å². The summed E-state index contributed by atoms with van der Waals surface area (Å²) >= 11 is 0. The number of anilines is 1. The fourth-order valence-corrected chi connectivity index (χ4v) is 5.71. The standard InChI is InChI=1S/C26H28N6O/c1-17-23(18-5-3-6-19(15-18)33-2)32-22(8-12-29-32)25(30-17)31-13-9-26(10-14-31)16-21-20(24(26)27)7-4-11-28-21/h3-8,11-12,15,24H,9-10,13-14,16,27H2,1-2H3/t24-/m1/s1. The molecule has 2 N–H and O–H groups in total.